The number of nitrogens with zero attached hydrogens (tertiary/aromatic N) is 1. The average Bonchev–Trinajstić information content (AvgIpc) is 2.73. The van der Waals surface area contributed by atoms with E-state index in [2.05, 4.69) is 10.3 Å². The standard InChI is InChI=1S/C22H20N2O3/c25-22(18-13-17-6-4-5-9-20(17)26-15-18)24-14-16-10-11-23-21(12-16)27-19-7-2-1-3-8-19/h1-12,18H,13-15H2,(H,24,25)/t18-/m0/s1. The summed E-state index contributed by atoms with van der Waals surface area (Å²) >= 11 is 0. The molecule has 0 saturated carbocycles. The molecule has 136 valence electrons. The monoisotopic (exact) mass is 360 g/mol. The molecule has 2 aromatic carbocycles. The van der Waals surface area contributed by atoms with E-state index in [0.29, 0.717) is 25.5 Å². The summed E-state index contributed by atoms with van der Waals surface area (Å²) in [6, 6.07) is 21.0. The van der Waals surface area contributed by atoms with E-state index < -0.39 is 0 Å². The molecule has 0 saturated heterocycles. The van der Waals surface area contributed by atoms with Crippen molar-refractivity contribution < 1.29 is 14.3 Å². The second-order valence-electron chi connectivity index (χ2n) is 6.46. The van der Waals surface area contributed by atoms with Crippen molar-refractivity contribution >= 4 is 5.91 Å². The summed E-state index contributed by atoms with van der Waals surface area (Å²) in [5.74, 6) is 1.92. The van der Waals surface area contributed by atoms with Gasteiger partial charge in [-0.2, -0.15) is 0 Å². The Kier molecular flexibility index (Phi) is 5.01. The summed E-state index contributed by atoms with van der Waals surface area (Å²) in [6.45, 7) is 0.826. The van der Waals surface area contributed by atoms with E-state index in [1.807, 2.05) is 66.7 Å². The van der Waals surface area contributed by atoms with Crippen LogP contribution >= 0.6 is 0 Å². The van der Waals surface area contributed by atoms with Crippen molar-refractivity contribution in [1.82, 2.24) is 10.3 Å². The molecule has 1 aromatic heterocycles. The summed E-state index contributed by atoms with van der Waals surface area (Å²) in [7, 11) is 0. The highest BCUT2D eigenvalue weighted by Gasteiger charge is 2.25. The Bertz CT molecular complexity index is 928. The van der Waals surface area contributed by atoms with Gasteiger partial charge in [0.25, 0.3) is 0 Å². The molecule has 5 heteroatoms. The Morgan fingerprint density at radius 3 is 2.81 bits per heavy atom. The number of rotatable bonds is 5. The number of aromatic nitrogens is 1. The summed E-state index contributed by atoms with van der Waals surface area (Å²) in [4.78, 5) is 16.7. The number of carbonyl (C=O) groups is 1. The first-order chi connectivity index (χ1) is 13.3. The highest BCUT2D eigenvalue weighted by molar-refractivity contribution is 5.79. The predicted octanol–water partition coefficient (Wildman–Crippen LogP) is 3.74. The largest absolute Gasteiger partial charge is 0.492 e. The van der Waals surface area contributed by atoms with Gasteiger partial charge in [-0.3, -0.25) is 4.79 Å². The Labute approximate surface area is 158 Å². The zero-order chi connectivity index (χ0) is 18.5. The lowest BCUT2D eigenvalue weighted by Gasteiger charge is -2.24. The number of hydrogen-bond acceptors (Lipinski definition) is 4. The normalized spacial score (nSPS) is 15.3. The predicted molar refractivity (Wildman–Crippen MR) is 102 cm³/mol. The van der Waals surface area contributed by atoms with Gasteiger partial charge in [0, 0.05) is 18.8 Å². The molecule has 1 aliphatic rings. The van der Waals surface area contributed by atoms with E-state index in [1.54, 1.807) is 6.20 Å². The van der Waals surface area contributed by atoms with E-state index in [0.717, 1.165) is 22.6 Å². The maximum Gasteiger partial charge on any atom is 0.227 e. The van der Waals surface area contributed by atoms with Crippen molar-refractivity contribution in [3.8, 4) is 17.4 Å². The van der Waals surface area contributed by atoms with Crippen molar-refractivity contribution in [1.29, 1.82) is 0 Å². The second kappa shape index (κ2) is 7.91. The highest BCUT2D eigenvalue weighted by atomic mass is 16.5. The Morgan fingerprint density at radius 1 is 1.11 bits per heavy atom. The zero-order valence-electron chi connectivity index (χ0n) is 14.8. The van der Waals surface area contributed by atoms with Crippen LogP contribution in [0.1, 0.15) is 11.1 Å². The van der Waals surface area contributed by atoms with Crippen LogP contribution in [0.25, 0.3) is 0 Å². The minimum Gasteiger partial charge on any atom is -0.492 e. The molecule has 1 aliphatic heterocycles. The number of benzene rings is 2. The Balaban J connectivity index is 1.35. The number of para-hydroxylation sites is 2. The molecule has 27 heavy (non-hydrogen) atoms. The first kappa shape index (κ1) is 17.1. The van der Waals surface area contributed by atoms with Gasteiger partial charge in [0.2, 0.25) is 11.8 Å². The summed E-state index contributed by atoms with van der Waals surface area (Å²) in [6.07, 6.45) is 2.38. The van der Waals surface area contributed by atoms with Crippen LogP contribution in [0, 0.1) is 5.92 Å². The van der Waals surface area contributed by atoms with E-state index >= 15 is 0 Å². The van der Waals surface area contributed by atoms with Gasteiger partial charge in [-0.05, 0) is 41.8 Å². The quantitative estimate of drug-likeness (QED) is 0.753. The topological polar surface area (TPSA) is 60.5 Å². The van der Waals surface area contributed by atoms with Crippen molar-refractivity contribution in [2.75, 3.05) is 6.61 Å². The smallest absolute Gasteiger partial charge is 0.227 e. The molecule has 0 unspecified atom stereocenters. The fourth-order valence-electron chi connectivity index (χ4n) is 3.06. The number of amides is 1. The number of nitrogens with one attached hydrogen (secondary N) is 1. The van der Waals surface area contributed by atoms with Crippen LogP contribution in [0.3, 0.4) is 0 Å². The van der Waals surface area contributed by atoms with Crippen LogP contribution in [0.5, 0.6) is 17.4 Å². The van der Waals surface area contributed by atoms with Gasteiger partial charge in [0.15, 0.2) is 0 Å². The lowest BCUT2D eigenvalue weighted by molar-refractivity contribution is -0.126. The molecule has 0 radical (unpaired) electrons. The van der Waals surface area contributed by atoms with E-state index in [4.69, 9.17) is 9.47 Å². The van der Waals surface area contributed by atoms with Crippen molar-refractivity contribution in [2.45, 2.75) is 13.0 Å². The van der Waals surface area contributed by atoms with Crippen LogP contribution in [-0.2, 0) is 17.8 Å². The highest BCUT2D eigenvalue weighted by Crippen LogP contribution is 2.27. The summed E-state index contributed by atoms with van der Waals surface area (Å²) in [5.41, 5.74) is 2.01. The Morgan fingerprint density at radius 2 is 1.93 bits per heavy atom. The molecule has 1 amide bonds. The fourth-order valence-corrected chi connectivity index (χ4v) is 3.06. The van der Waals surface area contributed by atoms with E-state index in [1.165, 1.54) is 0 Å². The van der Waals surface area contributed by atoms with Crippen LogP contribution in [0.15, 0.2) is 72.9 Å². The van der Waals surface area contributed by atoms with E-state index in [9.17, 15) is 4.79 Å². The van der Waals surface area contributed by atoms with Crippen LogP contribution in [0.2, 0.25) is 0 Å². The molecule has 5 nitrogen and oxygen atoms in total. The molecule has 0 fully saturated rings. The molecule has 0 bridgehead atoms. The maximum absolute atomic E-state index is 12.5. The van der Waals surface area contributed by atoms with Gasteiger partial charge in [-0.1, -0.05) is 36.4 Å². The van der Waals surface area contributed by atoms with E-state index in [-0.39, 0.29) is 11.8 Å². The molecule has 1 N–H and O–H groups in total. The average molecular weight is 360 g/mol. The number of ether oxygens (including phenoxy) is 2. The van der Waals surface area contributed by atoms with Crippen molar-refractivity contribution in [3.05, 3.63) is 84.1 Å². The summed E-state index contributed by atoms with van der Waals surface area (Å²) < 4.78 is 11.4. The molecule has 1 atom stereocenters. The molecule has 4 rings (SSSR count). The molecule has 0 aliphatic carbocycles. The zero-order valence-corrected chi connectivity index (χ0v) is 14.8. The number of carbonyl (C=O) groups excluding carboxylic acids is 1. The molecule has 3 aromatic rings. The molecule has 0 spiro atoms. The van der Waals surface area contributed by atoms with Gasteiger partial charge in [-0.25, -0.2) is 4.98 Å². The van der Waals surface area contributed by atoms with Gasteiger partial charge < -0.3 is 14.8 Å². The fraction of sp³-hybridized carbons (Fsp3) is 0.182. The maximum atomic E-state index is 12.5. The van der Waals surface area contributed by atoms with Gasteiger partial charge in [-0.15, -0.1) is 0 Å². The van der Waals surface area contributed by atoms with Crippen LogP contribution < -0.4 is 14.8 Å². The molecular formula is C22H20N2O3. The van der Waals surface area contributed by atoms with Crippen LogP contribution in [-0.4, -0.2) is 17.5 Å². The third-order valence-corrected chi connectivity index (χ3v) is 4.48. The SMILES string of the molecule is O=C(NCc1ccnc(Oc2ccccc2)c1)[C@@H]1COc2ccccc2C1. The van der Waals surface area contributed by atoms with Crippen molar-refractivity contribution in [3.63, 3.8) is 0 Å². The summed E-state index contributed by atoms with van der Waals surface area (Å²) in [5, 5.41) is 2.99. The molecular weight excluding hydrogens is 340 g/mol. The minimum absolute atomic E-state index is 0.00755. The first-order valence-corrected chi connectivity index (χ1v) is 8.94. The van der Waals surface area contributed by atoms with Gasteiger partial charge >= 0.3 is 0 Å². The van der Waals surface area contributed by atoms with Crippen molar-refractivity contribution in [2.24, 2.45) is 5.92 Å². The third kappa shape index (κ3) is 4.26. The third-order valence-electron chi connectivity index (χ3n) is 4.48. The second-order valence-corrected chi connectivity index (χ2v) is 6.46. The number of hydrogen-bond donors (Lipinski definition) is 1. The number of pyridine rings is 1. The van der Waals surface area contributed by atoms with Gasteiger partial charge in [0.1, 0.15) is 18.1 Å². The Hall–Kier alpha value is -3.34. The molecule has 2 heterocycles. The lowest BCUT2D eigenvalue weighted by Crippen LogP contribution is -2.37. The van der Waals surface area contributed by atoms with Crippen LogP contribution in [0.4, 0.5) is 0 Å². The lowest BCUT2D eigenvalue weighted by atomic mass is 9.96. The number of fused-ring (bicyclic) bond motifs is 1. The van der Waals surface area contributed by atoms with Gasteiger partial charge in [0.05, 0.1) is 5.92 Å². The first-order valence-electron chi connectivity index (χ1n) is 8.94. The minimum atomic E-state index is -0.179.